The Morgan fingerprint density at radius 2 is 1.84 bits per heavy atom. The second-order valence-electron chi connectivity index (χ2n) is 5.29. The fraction of sp³-hybridized carbons (Fsp3) is 0.643. The minimum absolute atomic E-state index is 0. The van der Waals surface area contributed by atoms with Gasteiger partial charge in [0, 0.05) is 21.8 Å². The van der Waals surface area contributed by atoms with Crippen LogP contribution in [-0.2, 0) is 13.0 Å². The number of thiophene rings is 1. The third kappa shape index (κ3) is 7.77. The topological polar surface area (TPSA) is 36.4 Å². The normalized spacial score (nSPS) is 11.9. The molecule has 0 saturated carbocycles. The average Bonchev–Trinajstić information content (AvgIpc) is 2.72. The van der Waals surface area contributed by atoms with E-state index in [9.17, 15) is 0 Å². The minimum Gasteiger partial charge on any atom is -0.357 e. The summed E-state index contributed by atoms with van der Waals surface area (Å²) in [5, 5.41) is 6.67. The molecule has 1 aromatic heterocycles. The highest BCUT2D eigenvalue weighted by atomic mass is 127. The van der Waals surface area contributed by atoms with Gasteiger partial charge in [0.2, 0.25) is 0 Å². The largest absolute Gasteiger partial charge is 0.357 e. The first-order chi connectivity index (χ1) is 8.44. The maximum absolute atomic E-state index is 4.62. The van der Waals surface area contributed by atoms with E-state index in [0.717, 1.165) is 25.5 Å². The Labute approximate surface area is 138 Å². The lowest BCUT2D eigenvalue weighted by molar-refractivity contribution is 0.501. The summed E-state index contributed by atoms with van der Waals surface area (Å²) in [6, 6.07) is 4.37. The first kappa shape index (κ1) is 18.7. The van der Waals surface area contributed by atoms with E-state index >= 15 is 0 Å². The molecule has 0 saturated heterocycles. The van der Waals surface area contributed by atoms with Crippen molar-refractivity contribution in [1.29, 1.82) is 0 Å². The van der Waals surface area contributed by atoms with Crippen molar-refractivity contribution >= 4 is 41.3 Å². The van der Waals surface area contributed by atoms with Crippen LogP contribution in [0.4, 0.5) is 0 Å². The van der Waals surface area contributed by atoms with E-state index in [1.807, 2.05) is 11.3 Å². The van der Waals surface area contributed by atoms with Crippen molar-refractivity contribution in [2.75, 3.05) is 6.54 Å². The van der Waals surface area contributed by atoms with Crippen molar-refractivity contribution in [2.24, 2.45) is 4.99 Å². The number of nitrogens with one attached hydrogen (secondary N) is 2. The van der Waals surface area contributed by atoms with Crippen LogP contribution >= 0.6 is 35.3 Å². The fourth-order valence-corrected chi connectivity index (χ4v) is 2.40. The maximum Gasteiger partial charge on any atom is 0.192 e. The first-order valence-electron chi connectivity index (χ1n) is 6.58. The second kappa shape index (κ2) is 8.79. The Bertz CT molecular complexity index is 394. The number of aryl methyl sites for hydroxylation is 1. The summed E-state index contributed by atoms with van der Waals surface area (Å²) in [6.45, 7) is 12.3. The summed E-state index contributed by atoms with van der Waals surface area (Å²) in [6.07, 6.45) is 1.11. The summed E-state index contributed by atoms with van der Waals surface area (Å²) in [5.74, 6) is 0.886. The predicted molar refractivity (Wildman–Crippen MR) is 96.8 cm³/mol. The molecule has 0 radical (unpaired) electrons. The van der Waals surface area contributed by atoms with Gasteiger partial charge in [0.15, 0.2) is 5.96 Å². The van der Waals surface area contributed by atoms with Crippen molar-refractivity contribution in [3.63, 3.8) is 0 Å². The Morgan fingerprint density at radius 1 is 1.21 bits per heavy atom. The molecule has 0 atom stereocenters. The summed E-state index contributed by atoms with van der Waals surface area (Å²) in [4.78, 5) is 7.36. The van der Waals surface area contributed by atoms with Crippen molar-refractivity contribution in [3.05, 3.63) is 21.9 Å². The molecule has 0 fully saturated rings. The van der Waals surface area contributed by atoms with Gasteiger partial charge in [-0.3, -0.25) is 0 Å². The van der Waals surface area contributed by atoms with Gasteiger partial charge in [-0.2, -0.15) is 0 Å². The maximum atomic E-state index is 4.62. The summed E-state index contributed by atoms with van der Waals surface area (Å²) >= 11 is 1.85. The van der Waals surface area contributed by atoms with Gasteiger partial charge in [-0.15, -0.1) is 35.3 Å². The standard InChI is InChI=1S/C14H25N3S.HI/c1-6-11-8-9-12(18-11)10-16-13(15-7-2)17-14(3,4)5;/h8-9H,6-7,10H2,1-5H3,(H2,15,16,17);1H. The molecule has 1 aromatic rings. The molecule has 0 amide bonds. The second-order valence-corrected chi connectivity index (χ2v) is 6.54. The third-order valence-electron chi connectivity index (χ3n) is 2.30. The molecule has 0 aliphatic rings. The highest BCUT2D eigenvalue weighted by Crippen LogP contribution is 2.17. The van der Waals surface area contributed by atoms with E-state index in [4.69, 9.17) is 0 Å². The molecule has 2 N–H and O–H groups in total. The van der Waals surface area contributed by atoms with Crippen LogP contribution in [0.1, 0.15) is 44.4 Å². The van der Waals surface area contributed by atoms with E-state index in [-0.39, 0.29) is 29.5 Å². The Balaban J connectivity index is 0.00000324. The van der Waals surface area contributed by atoms with Crippen LogP contribution in [0.5, 0.6) is 0 Å². The summed E-state index contributed by atoms with van der Waals surface area (Å²) in [5.41, 5.74) is 0.0328. The van der Waals surface area contributed by atoms with Gasteiger partial charge in [-0.1, -0.05) is 6.92 Å². The van der Waals surface area contributed by atoms with E-state index in [2.05, 4.69) is 62.4 Å². The third-order valence-corrected chi connectivity index (χ3v) is 3.51. The smallest absolute Gasteiger partial charge is 0.192 e. The van der Waals surface area contributed by atoms with E-state index < -0.39 is 0 Å². The molecule has 0 spiro atoms. The molecule has 0 aliphatic carbocycles. The van der Waals surface area contributed by atoms with Crippen molar-refractivity contribution in [3.8, 4) is 0 Å². The molecule has 19 heavy (non-hydrogen) atoms. The van der Waals surface area contributed by atoms with Crippen LogP contribution in [0, 0.1) is 0 Å². The van der Waals surface area contributed by atoms with Gasteiger partial charge in [-0.25, -0.2) is 4.99 Å². The Kier molecular flexibility index (Phi) is 8.65. The molecule has 3 nitrogen and oxygen atoms in total. The van der Waals surface area contributed by atoms with Gasteiger partial charge in [0.1, 0.15) is 0 Å². The van der Waals surface area contributed by atoms with Crippen molar-refractivity contribution in [1.82, 2.24) is 10.6 Å². The van der Waals surface area contributed by atoms with Crippen LogP contribution < -0.4 is 10.6 Å². The van der Waals surface area contributed by atoms with E-state index in [1.54, 1.807) is 0 Å². The number of rotatable bonds is 4. The molecule has 0 aliphatic heterocycles. The lowest BCUT2D eigenvalue weighted by Gasteiger charge is -2.23. The van der Waals surface area contributed by atoms with Crippen LogP contribution in [0.15, 0.2) is 17.1 Å². The highest BCUT2D eigenvalue weighted by Gasteiger charge is 2.11. The SMILES string of the molecule is CCNC(=NCc1ccc(CC)s1)NC(C)(C)C.I. The van der Waals surface area contributed by atoms with Gasteiger partial charge in [0.05, 0.1) is 6.54 Å². The molecular formula is C14H26IN3S. The summed E-state index contributed by atoms with van der Waals surface area (Å²) in [7, 11) is 0. The average molecular weight is 395 g/mol. The Hall–Kier alpha value is -0.300. The number of hydrogen-bond donors (Lipinski definition) is 2. The van der Waals surface area contributed by atoms with Crippen molar-refractivity contribution in [2.45, 2.75) is 53.1 Å². The number of nitrogens with zero attached hydrogens (tertiary/aromatic N) is 1. The van der Waals surface area contributed by atoms with Crippen LogP contribution in [0.2, 0.25) is 0 Å². The zero-order valence-corrected chi connectivity index (χ0v) is 15.7. The minimum atomic E-state index is 0. The van der Waals surface area contributed by atoms with E-state index in [1.165, 1.54) is 9.75 Å². The van der Waals surface area contributed by atoms with Gasteiger partial charge >= 0.3 is 0 Å². The molecule has 0 bridgehead atoms. The fourth-order valence-electron chi connectivity index (χ4n) is 1.52. The highest BCUT2D eigenvalue weighted by molar-refractivity contribution is 14.0. The molecule has 1 heterocycles. The first-order valence-corrected chi connectivity index (χ1v) is 7.40. The molecule has 0 unspecified atom stereocenters. The van der Waals surface area contributed by atoms with Crippen LogP contribution in [0.25, 0.3) is 0 Å². The number of halogens is 1. The van der Waals surface area contributed by atoms with Gasteiger partial charge in [0.25, 0.3) is 0 Å². The summed E-state index contributed by atoms with van der Waals surface area (Å²) < 4.78 is 0. The molecule has 5 heteroatoms. The van der Waals surface area contributed by atoms with Crippen molar-refractivity contribution < 1.29 is 0 Å². The zero-order valence-electron chi connectivity index (χ0n) is 12.5. The molecular weight excluding hydrogens is 369 g/mol. The Morgan fingerprint density at radius 3 is 2.32 bits per heavy atom. The van der Waals surface area contributed by atoms with Gasteiger partial charge < -0.3 is 10.6 Å². The van der Waals surface area contributed by atoms with Crippen LogP contribution in [0.3, 0.4) is 0 Å². The quantitative estimate of drug-likeness (QED) is 0.463. The molecule has 1 rings (SSSR count). The van der Waals surface area contributed by atoms with Gasteiger partial charge in [-0.05, 0) is 46.2 Å². The molecule has 0 aromatic carbocycles. The zero-order chi connectivity index (χ0) is 13.6. The monoisotopic (exact) mass is 395 g/mol. The number of aliphatic imine (C=N–C) groups is 1. The predicted octanol–water partition coefficient (Wildman–Crippen LogP) is 3.78. The number of guanidine groups is 1. The van der Waals surface area contributed by atoms with E-state index in [0.29, 0.717) is 0 Å². The lowest BCUT2D eigenvalue weighted by atomic mass is 10.1. The van der Waals surface area contributed by atoms with Crippen LogP contribution in [-0.4, -0.2) is 18.0 Å². The number of hydrogen-bond acceptors (Lipinski definition) is 2. The molecule has 110 valence electrons. The lowest BCUT2D eigenvalue weighted by Crippen LogP contribution is -2.47.